The predicted octanol–water partition coefficient (Wildman–Crippen LogP) is 5.26. The number of hydrogen-bond donors (Lipinski definition) is 2. The molecule has 1 atom stereocenters. The average Bonchev–Trinajstić information content (AvgIpc) is 2.47. The molecule has 2 aromatic rings. The normalized spacial score (nSPS) is 12.5. The zero-order valence-electron chi connectivity index (χ0n) is 12.1. The minimum absolute atomic E-state index is 0.379. The third-order valence-corrected chi connectivity index (χ3v) is 3.97. The zero-order chi connectivity index (χ0) is 15.4. The molecule has 1 unspecified atom stereocenters. The Hall–Kier alpha value is -1.22. The van der Waals surface area contributed by atoms with Gasteiger partial charge in [-0.3, -0.25) is 0 Å². The summed E-state index contributed by atoms with van der Waals surface area (Å²) in [6, 6.07) is 13.2. The Morgan fingerprint density at radius 2 is 1.76 bits per heavy atom. The second-order valence-electron chi connectivity index (χ2n) is 5.30. The maximum atomic E-state index is 10.3. The van der Waals surface area contributed by atoms with E-state index in [0.29, 0.717) is 28.1 Å². The monoisotopic (exact) mass is 323 g/mol. The molecule has 2 N–H and O–H groups in total. The molecule has 0 saturated heterocycles. The van der Waals surface area contributed by atoms with E-state index in [1.165, 1.54) is 5.56 Å². The fraction of sp³-hybridized carbons (Fsp3) is 0.294. The smallest absolute Gasteiger partial charge is 0.0977 e. The van der Waals surface area contributed by atoms with Crippen molar-refractivity contribution in [2.75, 3.05) is 11.9 Å². The molecule has 0 fully saturated rings. The average molecular weight is 324 g/mol. The molecule has 0 amide bonds. The van der Waals surface area contributed by atoms with Crippen molar-refractivity contribution in [1.29, 1.82) is 0 Å². The summed E-state index contributed by atoms with van der Waals surface area (Å²) >= 11 is 12.1. The number of rotatable bonds is 5. The SMILES string of the molecule is CC(C)c1ccccc1NCC(O)c1cc(Cl)ccc1Cl. The Morgan fingerprint density at radius 1 is 1.05 bits per heavy atom. The Morgan fingerprint density at radius 3 is 2.48 bits per heavy atom. The van der Waals surface area contributed by atoms with E-state index in [-0.39, 0.29) is 0 Å². The number of hydrogen-bond acceptors (Lipinski definition) is 2. The van der Waals surface area contributed by atoms with Gasteiger partial charge in [0.1, 0.15) is 0 Å². The van der Waals surface area contributed by atoms with Crippen LogP contribution in [0.1, 0.15) is 37.0 Å². The van der Waals surface area contributed by atoms with Gasteiger partial charge in [-0.25, -0.2) is 0 Å². The van der Waals surface area contributed by atoms with E-state index in [9.17, 15) is 5.11 Å². The van der Waals surface area contributed by atoms with Crippen LogP contribution in [0.25, 0.3) is 0 Å². The number of aliphatic hydroxyl groups excluding tert-OH is 1. The van der Waals surface area contributed by atoms with E-state index in [1.807, 2.05) is 18.2 Å². The summed E-state index contributed by atoms with van der Waals surface area (Å²) in [5.41, 5.74) is 2.89. The summed E-state index contributed by atoms with van der Waals surface area (Å²) in [6.07, 6.45) is -0.712. The molecule has 2 aromatic carbocycles. The van der Waals surface area contributed by atoms with Crippen LogP contribution < -0.4 is 5.32 Å². The van der Waals surface area contributed by atoms with Crippen LogP contribution in [0.2, 0.25) is 10.0 Å². The maximum Gasteiger partial charge on any atom is 0.0977 e. The van der Waals surface area contributed by atoms with Crippen LogP contribution in [0.15, 0.2) is 42.5 Å². The van der Waals surface area contributed by atoms with Crippen molar-refractivity contribution in [3.05, 3.63) is 63.6 Å². The molecule has 0 aliphatic rings. The summed E-state index contributed by atoms with van der Waals surface area (Å²) in [4.78, 5) is 0. The first kappa shape index (κ1) is 16.2. The van der Waals surface area contributed by atoms with Crippen LogP contribution >= 0.6 is 23.2 Å². The highest BCUT2D eigenvalue weighted by Crippen LogP contribution is 2.28. The molecule has 0 spiro atoms. The minimum atomic E-state index is -0.712. The fourth-order valence-corrected chi connectivity index (χ4v) is 2.67. The van der Waals surface area contributed by atoms with Crippen LogP contribution in [0, 0.1) is 0 Å². The zero-order valence-corrected chi connectivity index (χ0v) is 13.6. The van der Waals surface area contributed by atoms with Gasteiger partial charge in [-0.2, -0.15) is 0 Å². The van der Waals surface area contributed by atoms with Crippen molar-refractivity contribution < 1.29 is 5.11 Å². The number of para-hydroxylation sites is 1. The fourth-order valence-electron chi connectivity index (χ4n) is 2.25. The topological polar surface area (TPSA) is 32.3 Å². The van der Waals surface area contributed by atoms with Crippen LogP contribution in [0.4, 0.5) is 5.69 Å². The lowest BCUT2D eigenvalue weighted by Crippen LogP contribution is -2.14. The molecule has 21 heavy (non-hydrogen) atoms. The third kappa shape index (κ3) is 4.13. The van der Waals surface area contributed by atoms with Gasteiger partial charge >= 0.3 is 0 Å². The molecule has 0 aromatic heterocycles. The van der Waals surface area contributed by atoms with E-state index >= 15 is 0 Å². The molecule has 0 heterocycles. The highest BCUT2D eigenvalue weighted by atomic mass is 35.5. The van der Waals surface area contributed by atoms with Crippen LogP contribution in [-0.4, -0.2) is 11.7 Å². The summed E-state index contributed by atoms with van der Waals surface area (Å²) in [5, 5.41) is 14.7. The molecule has 0 aliphatic carbocycles. The van der Waals surface area contributed by atoms with E-state index in [4.69, 9.17) is 23.2 Å². The number of aliphatic hydroxyl groups is 1. The lowest BCUT2D eigenvalue weighted by molar-refractivity contribution is 0.191. The van der Waals surface area contributed by atoms with Gasteiger partial charge in [-0.1, -0.05) is 55.2 Å². The minimum Gasteiger partial charge on any atom is -0.387 e. The van der Waals surface area contributed by atoms with Gasteiger partial charge in [0.05, 0.1) is 6.10 Å². The molecule has 0 aliphatic heterocycles. The molecule has 112 valence electrons. The molecule has 0 saturated carbocycles. The van der Waals surface area contributed by atoms with Gasteiger partial charge < -0.3 is 10.4 Å². The van der Waals surface area contributed by atoms with E-state index in [1.54, 1.807) is 18.2 Å². The number of nitrogens with one attached hydrogen (secondary N) is 1. The predicted molar refractivity (Wildman–Crippen MR) is 90.4 cm³/mol. The summed E-state index contributed by atoms with van der Waals surface area (Å²) in [5.74, 6) is 0.417. The molecule has 4 heteroatoms. The van der Waals surface area contributed by atoms with Crippen molar-refractivity contribution in [2.24, 2.45) is 0 Å². The van der Waals surface area contributed by atoms with Crippen LogP contribution in [-0.2, 0) is 0 Å². The van der Waals surface area contributed by atoms with E-state index in [0.717, 1.165) is 5.69 Å². The Balaban J connectivity index is 2.11. The second kappa shape index (κ2) is 7.17. The van der Waals surface area contributed by atoms with Gasteiger partial charge in [0.15, 0.2) is 0 Å². The largest absolute Gasteiger partial charge is 0.387 e. The van der Waals surface area contributed by atoms with Gasteiger partial charge in [-0.05, 0) is 35.7 Å². The lowest BCUT2D eigenvalue weighted by atomic mass is 10.0. The summed E-state index contributed by atoms with van der Waals surface area (Å²) < 4.78 is 0. The van der Waals surface area contributed by atoms with Gasteiger partial charge in [0, 0.05) is 27.8 Å². The number of benzene rings is 2. The quantitative estimate of drug-likeness (QED) is 0.786. The third-order valence-electron chi connectivity index (χ3n) is 3.39. The van der Waals surface area contributed by atoms with Gasteiger partial charge in [-0.15, -0.1) is 0 Å². The second-order valence-corrected chi connectivity index (χ2v) is 6.15. The Bertz CT molecular complexity index is 613. The molecule has 2 rings (SSSR count). The van der Waals surface area contributed by atoms with Gasteiger partial charge in [0.2, 0.25) is 0 Å². The highest BCUT2D eigenvalue weighted by molar-refractivity contribution is 6.33. The van der Waals surface area contributed by atoms with Crippen molar-refractivity contribution in [3.63, 3.8) is 0 Å². The first-order chi connectivity index (χ1) is 9.99. The molecular weight excluding hydrogens is 305 g/mol. The van der Waals surface area contributed by atoms with Gasteiger partial charge in [0.25, 0.3) is 0 Å². The first-order valence-electron chi connectivity index (χ1n) is 6.95. The summed E-state index contributed by atoms with van der Waals surface area (Å²) in [6.45, 7) is 4.67. The van der Waals surface area contributed by atoms with E-state index in [2.05, 4.69) is 25.2 Å². The number of halogens is 2. The molecule has 0 bridgehead atoms. The molecule has 2 nitrogen and oxygen atoms in total. The first-order valence-corrected chi connectivity index (χ1v) is 7.70. The maximum absolute atomic E-state index is 10.3. The lowest BCUT2D eigenvalue weighted by Gasteiger charge is -2.18. The highest BCUT2D eigenvalue weighted by Gasteiger charge is 2.13. The van der Waals surface area contributed by atoms with Crippen LogP contribution in [0.5, 0.6) is 0 Å². The molecular formula is C17H19Cl2NO. The van der Waals surface area contributed by atoms with Crippen molar-refractivity contribution in [3.8, 4) is 0 Å². The summed E-state index contributed by atoms with van der Waals surface area (Å²) in [7, 11) is 0. The number of anilines is 1. The Labute approximate surface area is 135 Å². The van der Waals surface area contributed by atoms with E-state index < -0.39 is 6.10 Å². The Kier molecular flexibility index (Phi) is 5.51. The van der Waals surface area contributed by atoms with Crippen molar-refractivity contribution in [1.82, 2.24) is 0 Å². The van der Waals surface area contributed by atoms with Crippen molar-refractivity contribution >= 4 is 28.9 Å². The standard InChI is InChI=1S/C17H19Cl2NO/c1-11(2)13-5-3-4-6-16(13)20-10-17(21)14-9-12(18)7-8-15(14)19/h3-9,11,17,20-21H,10H2,1-2H3. The van der Waals surface area contributed by atoms with Crippen LogP contribution in [0.3, 0.4) is 0 Å². The van der Waals surface area contributed by atoms with Crippen molar-refractivity contribution in [2.45, 2.75) is 25.9 Å². The molecule has 0 radical (unpaired) electrons.